The van der Waals surface area contributed by atoms with Crippen LogP contribution in [-0.2, 0) is 0 Å². The van der Waals surface area contributed by atoms with Crippen molar-refractivity contribution >= 4 is 5.91 Å². The molecule has 0 fully saturated rings. The minimum absolute atomic E-state index is 0.0679. The molecule has 1 aromatic carbocycles. The predicted octanol–water partition coefficient (Wildman–Crippen LogP) is 2.69. The zero-order valence-electron chi connectivity index (χ0n) is 15.2. The fourth-order valence-electron chi connectivity index (χ4n) is 3.12. The lowest BCUT2D eigenvalue weighted by Gasteiger charge is -2.31. The molecule has 3 aromatic rings. The molecule has 6 heteroatoms. The summed E-state index contributed by atoms with van der Waals surface area (Å²) in [4.78, 5) is 18.8. The number of carbonyl (C=O) groups is 1. The van der Waals surface area contributed by atoms with E-state index >= 15 is 0 Å². The predicted molar refractivity (Wildman–Crippen MR) is 101 cm³/mol. The van der Waals surface area contributed by atoms with E-state index < -0.39 is 0 Å². The number of aromatic nitrogens is 3. The Morgan fingerprint density at radius 1 is 1.12 bits per heavy atom. The molecule has 1 amide bonds. The molecule has 2 atom stereocenters. The van der Waals surface area contributed by atoms with Crippen molar-refractivity contribution in [3.05, 3.63) is 78.4 Å². The van der Waals surface area contributed by atoms with E-state index in [2.05, 4.69) is 32.4 Å². The number of hydrogen-bond acceptors (Lipinski definition) is 4. The lowest BCUT2D eigenvalue weighted by Crippen LogP contribution is -2.42. The molecule has 0 unspecified atom stereocenters. The Morgan fingerprint density at radius 3 is 2.54 bits per heavy atom. The summed E-state index contributed by atoms with van der Waals surface area (Å²) >= 11 is 0. The lowest BCUT2D eigenvalue weighted by molar-refractivity contribution is 0.0915. The van der Waals surface area contributed by atoms with Crippen molar-refractivity contribution in [2.75, 3.05) is 14.1 Å². The van der Waals surface area contributed by atoms with Crippen LogP contribution in [0.5, 0.6) is 0 Å². The number of carbonyl (C=O) groups excluding carboxylic acids is 1. The summed E-state index contributed by atoms with van der Waals surface area (Å²) in [6.07, 6.45) is 6.69. The topological polar surface area (TPSA) is 63.1 Å². The van der Waals surface area contributed by atoms with Crippen molar-refractivity contribution in [1.82, 2.24) is 25.0 Å². The van der Waals surface area contributed by atoms with Crippen LogP contribution in [0.15, 0.2) is 67.3 Å². The molecule has 6 nitrogen and oxygen atoms in total. The maximum absolute atomic E-state index is 12.7. The first-order chi connectivity index (χ1) is 12.6. The minimum atomic E-state index is -0.143. The first-order valence-electron chi connectivity index (χ1n) is 8.53. The van der Waals surface area contributed by atoms with Crippen LogP contribution in [0.25, 0.3) is 5.69 Å². The number of amides is 1. The van der Waals surface area contributed by atoms with Gasteiger partial charge in [0.05, 0.1) is 29.7 Å². The van der Waals surface area contributed by atoms with E-state index in [0.717, 1.165) is 11.3 Å². The van der Waals surface area contributed by atoms with Crippen LogP contribution in [-0.4, -0.2) is 45.7 Å². The Morgan fingerprint density at radius 2 is 1.88 bits per heavy atom. The van der Waals surface area contributed by atoms with Gasteiger partial charge in [-0.2, -0.15) is 5.10 Å². The molecule has 134 valence electrons. The van der Waals surface area contributed by atoms with Gasteiger partial charge in [-0.1, -0.05) is 30.3 Å². The quantitative estimate of drug-likeness (QED) is 0.743. The number of hydrogen-bond donors (Lipinski definition) is 1. The Bertz CT molecular complexity index is 845. The summed E-state index contributed by atoms with van der Waals surface area (Å²) in [6, 6.07) is 13.9. The van der Waals surface area contributed by atoms with Gasteiger partial charge < -0.3 is 10.2 Å². The van der Waals surface area contributed by atoms with E-state index in [-0.39, 0.29) is 18.0 Å². The van der Waals surface area contributed by atoms with E-state index in [1.165, 1.54) is 0 Å². The van der Waals surface area contributed by atoms with Crippen molar-refractivity contribution in [2.24, 2.45) is 0 Å². The third kappa shape index (κ3) is 3.97. The molecule has 0 aliphatic heterocycles. The fraction of sp³-hybridized carbons (Fsp3) is 0.250. The van der Waals surface area contributed by atoms with Gasteiger partial charge in [0.25, 0.3) is 5.91 Å². The van der Waals surface area contributed by atoms with Crippen LogP contribution in [0, 0.1) is 0 Å². The van der Waals surface area contributed by atoms with Crippen LogP contribution < -0.4 is 5.32 Å². The molecule has 0 spiro atoms. The van der Waals surface area contributed by atoms with Crippen molar-refractivity contribution in [3.63, 3.8) is 0 Å². The maximum Gasteiger partial charge on any atom is 0.254 e. The largest absolute Gasteiger partial charge is 0.348 e. The second kappa shape index (κ2) is 7.93. The van der Waals surface area contributed by atoms with Gasteiger partial charge >= 0.3 is 0 Å². The van der Waals surface area contributed by atoms with Crippen molar-refractivity contribution < 1.29 is 4.79 Å². The van der Waals surface area contributed by atoms with Gasteiger partial charge in [0, 0.05) is 18.4 Å². The Labute approximate surface area is 153 Å². The maximum atomic E-state index is 12.7. The lowest BCUT2D eigenvalue weighted by atomic mass is 9.99. The molecule has 0 bridgehead atoms. The zero-order valence-corrected chi connectivity index (χ0v) is 15.2. The Kier molecular flexibility index (Phi) is 5.43. The molecule has 26 heavy (non-hydrogen) atoms. The second-order valence-corrected chi connectivity index (χ2v) is 6.47. The minimum Gasteiger partial charge on any atom is -0.348 e. The molecular weight excluding hydrogens is 326 g/mol. The van der Waals surface area contributed by atoms with E-state index in [0.29, 0.717) is 5.56 Å². The highest BCUT2D eigenvalue weighted by Gasteiger charge is 2.23. The molecule has 0 aliphatic carbocycles. The normalized spacial score (nSPS) is 13.4. The van der Waals surface area contributed by atoms with Gasteiger partial charge in [-0.15, -0.1) is 0 Å². The van der Waals surface area contributed by atoms with Gasteiger partial charge in [-0.05, 0) is 38.7 Å². The highest BCUT2D eigenvalue weighted by atomic mass is 16.1. The average molecular weight is 349 g/mol. The van der Waals surface area contributed by atoms with Gasteiger partial charge in [0.15, 0.2) is 0 Å². The first-order valence-corrected chi connectivity index (χ1v) is 8.53. The van der Waals surface area contributed by atoms with Gasteiger partial charge in [0.1, 0.15) is 0 Å². The second-order valence-electron chi connectivity index (χ2n) is 6.47. The molecule has 0 aliphatic rings. The third-order valence-electron chi connectivity index (χ3n) is 4.29. The summed E-state index contributed by atoms with van der Waals surface area (Å²) in [7, 11) is 4.03. The summed E-state index contributed by atoms with van der Waals surface area (Å²) in [5.74, 6) is -0.143. The van der Waals surface area contributed by atoms with Gasteiger partial charge in [-0.3, -0.25) is 9.78 Å². The highest BCUT2D eigenvalue weighted by molar-refractivity contribution is 5.94. The summed E-state index contributed by atoms with van der Waals surface area (Å²) in [5, 5.41) is 7.35. The third-order valence-corrected chi connectivity index (χ3v) is 4.29. The molecular formula is C20H23N5O. The van der Waals surface area contributed by atoms with E-state index in [9.17, 15) is 4.79 Å². The van der Waals surface area contributed by atoms with Crippen molar-refractivity contribution in [1.29, 1.82) is 0 Å². The molecule has 0 saturated carbocycles. The molecule has 0 saturated heterocycles. The fourth-order valence-corrected chi connectivity index (χ4v) is 3.12. The summed E-state index contributed by atoms with van der Waals surface area (Å²) in [6.45, 7) is 2.01. The molecule has 3 rings (SSSR count). The van der Waals surface area contributed by atoms with Crippen LogP contribution >= 0.6 is 0 Å². The highest BCUT2D eigenvalue weighted by Crippen LogP contribution is 2.22. The van der Waals surface area contributed by atoms with Crippen LogP contribution in [0.3, 0.4) is 0 Å². The number of nitrogens with one attached hydrogen (secondary N) is 1. The standard InChI is InChI=1S/C20H23N5O/c1-15(19(24(2)3)16-8-5-4-6-9-16)23-20(26)17-12-22-25(14-17)18-10-7-11-21-13-18/h4-15,19H,1-3H3,(H,23,26)/t15-,19-/m1/s1. The summed E-state index contributed by atoms with van der Waals surface area (Å²) < 4.78 is 1.65. The number of likely N-dealkylation sites (N-methyl/N-ethyl adjacent to an activating group) is 1. The molecule has 2 aromatic heterocycles. The van der Waals surface area contributed by atoms with Crippen molar-refractivity contribution in [3.8, 4) is 5.69 Å². The van der Waals surface area contributed by atoms with E-state index in [1.54, 1.807) is 29.5 Å². The van der Waals surface area contributed by atoms with Crippen molar-refractivity contribution in [2.45, 2.75) is 19.0 Å². The molecule has 1 N–H and O–H groups in total. The van der Waals surface area contributed by atoms with Gasteiger partial charge in [-0.25, -0.2) is 4.68 Å². The first kappa shape index (κ1) is 17.8. The number of pyridine rings is 1. The monoisotopic (exact) mass is 349 g/mol. The zero-order chi connectivity index (χ0) is 18.5. The van der Waals surface area contributed by atoms with Crippen LogP contribution in [0.2, 0.25) is 0 Å². The van der Waals surface area contributed by atoms with Crippen LogP contribution in [0.1, 0.15) is 28.9 Å². The van der Waals surface area contributed by atoms with E-state index in [4.69, 9.17) is 0 Å². The van der Waals surface area contributed by atoms with E-state index in [1.807, 2.05) is 51.4 Å². The smallest absolute Gasteiger partial charge is 0.254 e. The number of nitrogens with zero attached hydrogens (tertiary/aromatic N) is 4. The number of rotatable bonds is 6. The summed E-state index contributed by atoms with van der Waals surface area (Å²) in [5.41, 5.74) is 2.50. The number of benzene rings is 1. The SMILES string of the molecule is C[C@@H](NC(=O)c1cnn(-c2cccnc2)c1)[C@H](c1ccccc1)N(C)C. The van der Waals surface area contributed by atoms with Gasteiger partial charge in [0.2, 0.25) is 0 Å². The Hall–Kier alpha value is -2.99. The average Bonchev–Trinajstić information content (AvgIpc) is 3.13. The van der Waals surface area contributed by atoms with Crippen LogP contribution in [0.4, 0.5) is 0 Å². The molecule has 2 heterocycles. The molecule has 0 radical (unpaired) electrons. The Balaban J connectivity index is 1.74.